The van der Waals surface area contributed by atoms with Crippen molar-refractivity contribution < 1.29 is 9.53 Å². The first kappa shape index (κ1) is 11.6. The van der Waals surface area contributed by atoms with Crippen LogP contribution in [-0.4, -0.2) is 30.1 Å². The van der Waals surface area contributed by atoms with E-state index in [4.69, 9.17) is 17.0 Å². The fourth-order valence-electron chi connectivity index (χ4n) is 1.56. The molecule has 1 saturated heterocycles. The Morgan fingerprint density at radius 3 is 2.71 bits per heavy atom. The lowest BCUT2D eigenvalue weighted by atomic mass is 10.1. The number of thiocarbonyl (C=S) groups is 1. The maximum Gasteiger partial charge on any atom is 0.276 e. The first-order valence-corrected chi connectivity index (χ1v) is 5.48. The van der Waals surface area contributed by atoms with Gasteiger partial charge in [0.15, 0.2) is 5.11 Å². The van der Waals surface area contributed by atoms with Gasteiger partial charge in [-0.15, -0.1) is 0 Å². The molecule has 1 aromatic carbocycles. The highest BCUT2D eigenvalue weighted by Crippen LogP contribution is 2.21. The molecule has 0 radical (unpaired) electrons. The maximum atomic E-state index is 11.8. The van der Waals surface area contributed by atoms with E-state index in [2.05, 4.69) is 5.32 Å². The van der Waals surface area contributed by atoms with Crippen LogP contribution in [0.15, 0.2) is 30.0 Å². The molecular weight excluding hydrogens is 236 g/mol. The molecule has 1 fully saturated rings. The summed E-state index contributed by atoms with van der Waals surface area (Å²) in [6.07, 6.45) is 1.73. The molecule has 0 spiro atoms. The van der Waals surface area contributed by atoms with Crippen LogP contribution in [0.2, 0.25) is 0 Å². The average Bonchev–Trinajstić information content (AvgIpc) is 2.58. The summed E-state index contributed by atoms with van der Waals surface area (Å²) in [4.78, 5) is 13.2. The second-order valence-electron chi connectivity index (χ2n) is 3.59. The number of carbonyl (C=O) groups excluding carboxylic acids is 1. The molecule has 0 unspecified atom stereocenters. The Morgan fingerprint density at radius 2 is 2.12 bits per heavy atom. The fraction of sp³-hybridized carbons (Fsp3) is 0.167. The lowest BCUT2D eigenvalue weighted by molar-refractivity contribution is -0.121. The number of nitrogens with one attached hydrogen (secondary N) is 1. The molecule has 5 heteroatoms. The molecule has 1 amide bonds. The molecule has 0 bridgehead atoms. The van der Waals surface area contributed by atoms with Crippen LogP contribution in [0.5, 0.6) is 5.75 Å². The zero-order valence-electron chi connectivity index (χ0n) is 9.56. The van der Waals surface area contributed by atoms with Crippen molar-refractivity contribution in [3.8, 4) is 5.75 Å². The van der Waals surface area contributed by atoms with Crippen LogP contribution in [0.4, 0.5) is 0 Å². The van der Waals surface area contributed by atoms with Crippen molar-refractivity contribution in [1.29, 1.82) is 0 Å². The normalized spacial score (nSPS) is 17.5. The standard InChI is InChI=1S/C12H12N2O2S/c1-14-11(15)9(13-12(14)17)7-8-5-3-4-6-10(8)16-2/h3-7H,1-2H3,(H,13,17). The van der Waals surface area contributed by atoms with Gasteiger partial charge < -0.3 is 10.1 Å². The molecule has 1 heterocycles. The second kappa shape index (κ2) is 4.55. The number of likely N-dealkylation sites (N-methyl/N-ethyl adjacent to an activating group) is 1. The van der Waals surface area contributed by atoms with E-state index < -0.39 is 0 Å². The van der Waals surface area contributed by atoms with E-state index in [-0.39, 0.29) is 5.91 Å². The van der Waals surface area contributed by atoms with Crippen LogP contribution >= 0.6 is 12.2 Å². The van der Waals surface area contributed by atoms with Crippen LogP contribution in [0.1, 0.15) is 5.56 Å². The minimum Gasteiger partial charge on any atom is -0.496 e. The van der Waals surface area contributed by atoms with Gasteiger partial charge in [-0.05, 0) is 24.4 Å². The van der Waals surface area contributed by atoms with Crippen LogP contribution < -0.4 is 10.1 Å². The molecule has 88 valence electrons. The predicted octanol–water partition coefficient (Wildman–Crippen LogP) is 1.38. The minimum atomic E-state index is -0.138. The van der Waals surface area contributed by atoms with Crippen LogP contribution in [0, 0.1) is 0 Å². The van der Waals surface area contributed by atoms with E-state index in [0.29, 0.717) is 10.8 Å². The smallest absolute Gasteiger partial charge is 0.276 e. The molecule has 0 aliphatic carbocycles. The topological polar surface area (TPSA) is 41.6 Å². The number of carbonyl (C=O) groups is 1. The Bertz CT molecular complexity index is 511. The molecule has 1 aromatic rings. The van der Waals surface area contributed by atoms with Crippen molar-refractivity contribution >= 4 is 29.3 Å². The number of methoxy groups -OCH3 is 1. The van der Waals surface area contributed by atoms with E-state index in [1.807, 2.05) is 24.3 Å². The van der Waals surface area contributed by atoms with Gasteiger partial charge in [0.05, 0.1) is 7.11 Å². The van der Waals surface area contributed by atoms with Crippen molar-refractivity contribution in [2.24, 2.45) is 0 Å². The van der Waals surface area contributed by atoms with Crippen LogP contribution in [0.3, 0.4) is 0 Å². The highest BCUT2D eigenvalue weighted by atomic mass is 32.1. The van der Waals surface area contributed by atoms with Gasteiger partial charge in [0.2, 0.25) is 0 Å². The van der Waals surface area contributed by atoms with Crippen LogP contribution in [0.25, 0.3) is 6.08 Å². The van der Waals surface area contributed by atoms with Crippen molar-refractivity contribution in [3.05, 3.63) is 35.5 Å². The molecule has 0 saturated carbocycles. The van der Waals surface area contributed by atoms with E-state index in [1.54, 1.807) is 20.2 Å². The second-order valence-corrected chi connectivity index (χ2v) is 3.98. The van der Waals surface area contributed by atoms with E-state index in [0.717, 1.165) is 11.3 Å². The Kier molecular flexibility index (Phi) is 3.10. The Labute approximate surface area is 105 Å². The number of hydrogen-bond acceptors (Lipinski definition) is 3. The van der Waals surface area contributed by atoms with Crippen LogP contribution in [-0.2, 0) is 4.79 Å². The van der Waals surface area contributed by atoms with Crippen molar-refractivity contribution in [2.75, 3.05) is 14.2 Å². The summed E-state index contributed by atoms with van der Waals surface area (Å²) in [6, 6.07) is 7.48. The predicted molar refractivity (Wildman–Crippen MR) is 69.5 cm³/mol. The number of ether oxygens (including phenoxy) is 1. The maximum absolute atomic E-state index is 11.8. The fourth-order valence-corrected chi connectivity index (χ4v) is 1.76. The number of amides is 1. The third-order valence-corrected chi connectivity index (χ3v) is 2.90. The number of hydrogen-bond donors (Lipinski definition) is 1. The van der Waals surface area contributed by atoms with Crippen molar-refractivity contribution in [2.45, 2.75) is 0 Å². The van der Waals surface area contributed by atoms with Gasteiger partial charge in [-0.1, -0.05) is 18.2 Å². The average molecular weight is 248 g/mol. The summed E-state index contributed by atoms with van der Waals surface area (Å²) in [7, 11) is 3.23. The van der Waals surface area contributed by atoms with Gasteiger partial charge >= 0.3 is 0 Å². The molecule has 1 aliphatic rings. The number of para-hydroxylation sites is 1. The molecule has 1 aliphatic heterocycles. The monoisotopic (exact) mass is 248 g/mol. The zero-order valence-corrected chi connectivity index (χ0v) is 10.4. The SMILES string of the molecule is COc1ccccc1C=C1NC(=S)N(C)C1=O. The van der Waals surface area contributed by atoms with E-state index in [1.165, 1.54) is 4.90 Å². The summed E-state index contributed by atoms with van der Waals surface area (Å²) in [5, 5.41) is 3.28. The highest BCUT2D eigenvalue weighted by Gasteiger charge is 2.27. The van der Waals surface area contributed by atoms with Gasteiger partial charge in [-0.3, -0.25) is 9.69 Å². The lowest BCUT2D eigenvalue weighted by Gasteiger charge is -2.04. The lowest BCUT2D eigenvalue weighted by Crippen LogP contribution is -2.25. The number of rotatable bonds is 2. The molecule has 2 rings (SSSR count). The third-order valence-electron chi connectivity index (χ3n) is 2.52. The largest absolute Gasteiger partial charge is 0.496 e. The molecule has 17 heavy (non-hydrogen) atoms. The number of nitrogens with zero attached hydrogens (tertiary/aromatic N) is 1. The first-order chi connectivity index (χ1) is 8.13. The molecule has 4 nitrogen and oxygen atoms in total. The van der Waals surface area contributed by atoms with Gasteiger partial charge in [-0.25, -0.2) is 0 Å². The minimum absolute atomic E-state index is 0.138. The Balaban J connectivity index is 2.37. The molecule has 0 atom stereocenters. The Morgan fingerprint density at radius 1 is 1.41 bits per heavy atom. The van der Waals surface area contributed by atoms with Crippen molar-refractivity contribution in [1.82, 2.24) is 10.2 Å². The van der Waals surface area contributed by atoms with Gasteiger partial charge in [-0.2, -0.15) is 0 Å². The quantitative estimate of drug-likeness (QED) is 0.634. The highest BCUT2D eigenvalue weighted by molar-refractivity contribution is 7.80. The first-order valence-electron chi connectivity index (χ1n) is 5.07. The molecular formula is C12H12N2O2S. The van der Waals surface area contributed by atoms with Crippen molar-refractivity contribution in [3.63, 3.8) is 0 Å². The van der Waals surface area contributed by atoms with Gasteiger partial charge in [0, 0.05) is 12.6 Å². The molecule has 0 aromatic heterocycles. The third kappa shape index (κ3) is 2.14. The summed E-state index contributed by atoms with van der Waals surface area (Å²) < 4.78 is 5.21. The summed E-state index contributed by atoms with van der Waals surface area (Å²) in [6.45, 7) is 0. The van der Waals surface area contributed by atoms with E-state index in [9.17, 15) is 4.79 Å². The summed E-state index contributed by atoms with van der Waals surface area (Å²) >= 11 is 5.00. The summed E-state index contributed by atoms with van der Waals surface area (Å²) in [5.74, 6) is 0.580. The zero-order chi connectivity index (χ0) is 12.4. The Hall–Kier alpha value is -1.88. The summed E-state index contributed by atoms with van der Waals surface area (Å²) in [5.41, 5.74) is 1.30. The number of benzene rings is 1. The van der Waals surface area contributed by atoms with Gasteiger partial charge in [0.25, 0.3) is 5.91 Å². The van der Waals surface area contributed by atoms with E-state index >= 15 is 0 Å². The molecule has 1 N–H and O–H groups in total. The van der Waals surface area contributed by atoms with Gasteiger partial charge in [0.1, 0.15) is 11.4 Å².